The van der Waals surface area contributed by atoms with Crippen LogP contribution in [0, 0.1) is 23.7 Å². The average molecular weight is 908 g/mol. The number of aliphatic hydroxyl groups is 1. The van der Waals surface area contributed by atoms with Crippen LogP contribution in [0.4, 0.5) is 0 Å². The summed E-state index contributed by atoms with van der Waals surface area (Å²) in [7, 11) is 0. The summed E-state index contributed by atoms with van der Waals surface area (Å²) in [5.41, 5.74) is 19.4. The molecule has 10 N–H and O–H groups in total. The van der Waals surface area contributed by atoms with Gasteiger partial charge in [-0.2, -0.15) is 0 Å². The maximum atomic E-state index is 15.2. The van der Waals surface area contributed by atoms with Crippen molar-refractivity contribution in [1.29, 1.82) is 0 Å². The molecule has 0 saturated carbocycles. The summed E-state index contributed by atoms with van der Waals surface area (Å²) < 4.78 is 0. The van der Waals surface area contributed by atoms with Crippen molar-refractivity contribution in [3.8, 4) is 0 Å². The van der Waals surface area contributed by atoms with Crippen LogP contribution in [0.15, 0.2) is 60.7 Å². The summed E-state index contributed by atoms with van der Waals surface area (Å²) >= 11 is 0. The summed E-state index contributed by atoms with van der Waals surface area (Å²) in [4.78, 5) is 100. The van der Waals surface area contributed by atoms with Crippen molar-refractivity contribution in [3.63, 3.8) is 0 Å². The van der Waals surface area contributed by atoms with Crippen LogP contribution in [-0.4, -0.2) is 110 Å². The van der Waals surface area contributed by atoms with E-state index in [9.17, 15) is 34.2 Å². The third-order valence-electron chi connectivity index (χ3n) is 11.7. The van der Waals surface area contributed by atoms with Gasteiger partial charge in [0.25, 0.3) is 11.8 Å². The minimum absolute atomic E-state index is 0.0770. The molecule has 2 aromatic rings. The molecular weight excluding hydrogens is 831 g/mol. The number of nitrogens with two attached hydrogens (primary N) is 3. The summed E-state index contributed by atoms with van der Waals surface area (Å²) in [6.45, 7) is 14.2. The van der Waals surface area contributed by atoms with Crippen LogP contribution in [0.5, 0.6) is 0 Å². The first-order chi connectivity index (χ1) is 30.6. The van der Waals surface area contributed by atoms with Crippen molar-refractivity contribution in [1.82, 2.24) is 20.4 Å². The first kappa shape index (κ1) is 56.1. The number of aliphatic hydroxyl groups excluding tert-OH is 1. The minimum atomic E-state index is -1.83. The number of benzene rings is 2. The van der Waals surface area contributed by atoms with E-state index < -0.39 is 95.6 Å². The third kappa shape index (κ3) is 17.7. The predicted molar refractivity (Wildman–Crippen MR) is 250 cm³/mol. The molecule has 0 radical (unpaired) electrons. The Morgan fingerprint density at radius 1 is 0.538 bits per heavy atom. The van der Waals surface area contributed by atoms with Gasteiger partial charge in [0.15, 0.2) is 0 Å². The highest BCUT2D eigenvalue weighted by Crippen LogP contribution is 2.27. The van der Waals surface area contributed by atoms with E-state index in [0.29, 0.717) is 36.9 Å². The molecule has 362 valence electrons. The van der Waals surface area contributed by atoms with E-state index in [1.54, 1.807) is 116 Å². The molecule has 16 heteroatoms. The number of carbonyl (C=O) groups is 7. The summed E-state index contributed by atoms with van der Waals surface area (Å²) in [5, 5.41) is 28.1. The zero-order valence-corrected chi connectivity index (χ0v) is 39.8. The molecule has 2 rings (SSSR count). The molecule has 6 amide bonds. The number of hydrogen-bond donors (Lipinski definition) is 7. The Morgan fingerprint density at radius 2 is 0.892 bits per heavy atom. The van der Waals surface area contributed by atoms with Gasteiger partial charge >= 0.3 is 5.97 Å². The highest BCUT2D eigenvalue weighted by atomic mass is 16.4. The largest absolute Gasteiger partial charge is 0.481 e. The zero-order chi connectivity index (χ0) is 49.0. The molecule has 3 unspecified atom stereocenters. The van der Waals surface area contributed by atoms with Gasteiger partial charge in [-0.3, -0.25) is 43.4 Å². The number of carboxylic acids is 1. The number of hydrogen-bond acceptors (Lipinski definition) is 11. The van der Waals surface area contributed by atoms with Gasteiger partial charge in [0.2, 0.25) is 23.6 Å². The first-order valence-electron chi connectivity index (χ1n) is 23.2. The number of amides is 6. The Hall–Kier alpha value is -5.03. The van der Waals surface area contributed by atoms with Crippen LogP contribution in [0.3, 0.4) is 0 Å². The zero-order valence-electron chi connectivity index (χ0n) is 39.8. The van der Waals surface area contributed by atoms with E-state index in [0.717, 1.165) is 9.80 Å². The van der Waals surface area contributed by atoms with E-state index in [2.05, 4.69) is 10.6 Å². The molecular formula is C49H77N7O9. The molecule has 0 saturated heterocycles. The van der Waals surface area contributed by atoms with Crippen LogP contribution < -0.4 is 27.8 Å². The molecule has 0 fully saturated rings. The number of aliphatic carboxylic acids is 1. The van der Waals surface area contributed by atoms with Gasteiger partial charge in [-0.1, -0.05) is 122 Å². The van der Waals surface area contributed by atoms with Crippen LogP contribution in [0.2, 0.25) is 0 Å². The number of unbranched alkanes of at least 4 members (excludes halogenated alkanes) is 3. The molecule has 0 aliphatic rings. The predicted octanol–water partition coefficient (Wildman–Crippen LogP) is 3.69. The topological polar surface area (TPSA) is 269 Å². The van der Waals surface area contributed by atoms with E-state index in [1.807, 2.05) is 0 Å². The average Bonchev–Trinajstić information content (AvgIpc) is 3.26. The fraction of sp³-hybridized carbons (Fsp3) is 0.612. The summed E-state index contributed by atoms with van der Waals surface area (Å²) in [5.74, 6) is -7.09. The lowest BCUT2D eigenvalue weighted by Gasteiger charge is -2.43. The smallest absolute Gasteiger partial charge is 0.303 e. The van der Waals surface area contributed by atoms with Crippen molar-refractivity contribution in [2.24, 2.45) is 40.9 Å². The Morgan fingerprint density at radius 3 is 1.22 bits per heavy atom. The minimum Gasteiger partial charge on any atom is -0.481 e. The standard InChI is InChI=1S/C49H77N7O9/c1-30(2)41(51)46(62)53-43(32(5)6)48(64)55(38(57)24-16-11-19-27-50)36(28-34-20-12-9-13-21-34)45(61)37(29-35-22-14-10-15-23-35)56(39(58)25-17-18-26-40(59)60)49(65)44(33(7)8)54-47(63)42(52)31(3)4/h9-10,12-15,20-23,30-33,36-37,41-45,61H,11,16-19,24-29,50-52H2,1-8H3,(H,53,62)(H,54,63)(H,59,60)/t36?,37?,41-,42-,43-,44-,45?/m0/s1. The number of imide groups is 2. The highest BCUT2D eigenvalue weighted by Gasteiger charge is 2.47. The van der Waals surface area contributed by atoms with Crippen LogP contribution in [0.25, 0.3) is 0 Å². The van der Waals surface area contributed by atoms with Gasteiger partial charge in [0, 0.05) is 19.3 Å². The maximum Gasteiger partial charge on any atom is 0.303 e. The normalized spacial score (nSPS) is 14.8. The Labute approximate surface area is 385 Å². The second-order valence-corrected chi connectivity index (χ2v) is 18.4. The van der Waals surface area contributed by atoms with Gasteiger partial charge in [-0.15, -0.1) is 0 Å². The van der Waals surface area contributed by atoms with Crippen molar-refractivity contribution in [2.75, 3.05) is 6.54 Å². The molecule has 0 heterocycles. The quantitative estimate of drug-likeness (QED) is 0.0603. The van der Waals surface area contributed by atoms with Crippen LogP contribution >= 0.6 is 0 Å². The lowest BCUT2D eigenvalue weighted by molar-refractivity contribution is -0.160. The van der Waals surface area contributed by atoms with Crippen molar-refractivity contribution in [2.45, 2.75) is 162 Å². The Balaban J connectivity index is 3.05. The molecule has 16 nitrogen and oxygen atoms in total. The highest BCUT2D eigenvalue weighted by molar-refractivity contribution is 6.01. The van der Waals surface area contributed by atoms with E-state index >= 15 is 9.59 Å². The Bertz CT molecular complexity index is 1830. The molecule has 65 heavy (non-hydrogen) atoms. The maximum absolute atomic E-state index is 15.2. The first-order valence-corrected chi connectivity index (χ1v) is 23.2. The SMILES string of the molecule is CC(C)[C@H](N)C(=O)N[C@H](C(=O)N(C(=O)CCCCCN)C(Cc1ccccc1)C(O)C(Cc1ccccc1)N(C(=O)CCCCC(=O)O)C(=O)[C@@H](NC(=O)[C@@H](N)C(C)C)C(C)C)C(C)C. The van der Waals surface area contributed by atoms with Gasteiger partial charge in [-0.05, 0) is 79.9 Å². The lowest BCUT2D eigenvalue weighted by atomic mass is 9.88. The van der Waals surface area contributed by atoms with Crippen LogP contribution in [-0.2, 0) is 46.4 Å². The van der Waals surface area contributed by atoms with E-state index in [4.69, 9.17) is 17.2 Å². The Kier molecular flexibility index (Phi) is 24.3. The third-order valence-corrected chi connectivity index (χ3v) is 11.7. The number of rotatable bonds is 28. The number of carboxylic acid groups (broad SMARTS) is 1. The van der Waals surface area contributed by atoms with Crippen molar-refractivity contribution < 1.29 is 43.8 Å². The fourth-order valence-electron chi connectivity index (χ4n) is 7.46. The molecule has 2 aromatic carbocycles. The lowest BCUT2D eigenvalue weighted by Crippen LogP contribution is -2.65. The fourth-order valence-corrected chi connectivity index (χ4v) is 7.46. The van der Waals surface area contributed by atoms with Crippen molar-refractivity contribution in [3.05, 3.63) is 71.8 Å². The molecule has 0 aliphatic carbocycles. The molecule has 0 aliphatic heterocycles. The molecule has 0 aromatic heterocycles. The van der Waals surface area contributed by atoms with E-state index in [1.165, 1.54) is 0 Å². The monoisotopic (exact) mass is 908 g/mol. The number of nitrogens with one attached hydrogen (secondary N) is 2. The summed E-state index contributed by atoms with van der Waals surface area (Å²) in [6.07, 6.45) is -1.02. The number of nitrogens with zero attached hydrogens (tertiary/aromatic N) is 2. The van der Waals surface area contributed by atoms with Gasteiger partial charge in [0.1, 0.15) is 12.1 Å². The van der Waals surface area contributed by atoms with E-state index in [-0.39, 0.29) is 56.8 Å². The number of carbonyl (C=O) groups excluding carboxylic acids is 6. The second-order valence-electron chi connectivity index (χ2n) is 18.4. The van der Waals surface area contributed by atoms with Crippen molar-refractivity contribution >= 4 is 41.4 Å². The summed E-state index contributed by atoms with van der Waals surface area (Å²) in [6, 6.07) is 10.2. The van der Waals surface area contributed by atoms with Crippen LogP contribution in [0.1, 0.15) is 118 Å². The molecule has 0 spiro atoms. The van der Waals surface area contributed by atoms with Gasteiger partial charge in [0.05, 0.1) is 30.3 Å². The molecule has 7 atom stereocenters. The van der Waals surface area contributed by atoms with Gasteiger partial charge < -0.3 is 38.0 Å². The van der Waals surface area contributed by atoms with Gasteiger partial charge in [-0.25, -0.2) is 0 Å². The molecule has 0 bridgehead atoms. The second kappa shape index (κ2) is 28.1.